The summed E-state index contributed by atoms with van der Waals surface area (Å²) in [5.41, 5.74) is 0.736. The van der Waals surface area contributed by atoms with Crippen LogP contribution in [0.4, 0.5) is 0 Å². The Labute approximate surface area is 153 Å². The zero-order chi connectivity index (χ0) is 19.3. The molecule has 1 aromatic rings. The first-order valence-corrected chi connectivity index (χ1v) is 8.86. The highest BCUT2D eigenvalue weighted by molar-refractivity contribution is 5.81. The second kappa shape index (κ2) is 8.69. The van der Waals surface area contributed by atoms with E-state index in [0.717, 1.165) is 5.56 Å². The van der Waals surface area contributed by atoms with Gasteiger partial charge < -0.3 is 20.1 Å². The number of nitrogens with zero attached hydrogens (tertiary/aromatic N) is 1. The van der Waals surface area contributed by atoms with E-state index < -0.39 is 17.9 Å². The van der Waals surface area contributed by atoms with E-state index in [2.05, 4.69) is 5.32 Å². The van der Waals surface area contributed by atoms with Gasteiger partial charge in [0.1, 0.15) is 5.75 Å². The predicted molar refractivity (Wildman–Crippen MR) is 95.7 cm³/mol. The third kappa shape index (κ3) is 4.53. The monoisotopic (exact) mass is 362 g/mol. The van der Waals surface area contributed by atoms with Crippen molar-refractivity contribution in [2.75, 3.05) is 13.2 Å². The van der Waals surface area contributed by atoms with E-state index in [0.29, 0.717) is 25.3 Å². The molecule has 142 valence electrons. The molecule has 0 aromatic heterocycles. The molecule has 7 nitrogen and oxygen atoms in total. The Bertz CT molecular complexity index is 676. The minimum absolute atomic E-state index is 0.0559. The van der Waals surface area contributed by atoms with Gasteiger partial charge in [0.25, 0.3) is 0 Å². The molecule has 2 amide bonds. The number of hydrogen-bond acceptors (Lipinski definition) is 4. The third-order valence-corrected chi connectivity index (χ3v) is 4.74. The summed E-state index contributed by atoms with van der Waals surface area (Å²) in [5.74, 6) is -1.22. The normalized spacial score (nSPS) is 20.5. The molecular formula is C19H26N2O5. The number of rotatable bonds is 7. The second-order valence-electron chi connectivity index (χ2n) is 6.49. The summed E-state index contributed by atoms with van der Waals surface area (Å²) in [6, 6.07) is 6.40. The van der Waals surface area contributed by atoms with E-state index >= 15 is 0 Å². The maximum Gasteiger partial charge on any atom is 0.308 e. The molecule has 1 aromatic carbocycles. The van der Waals surface area contributed by atoms with E-state index in [1.165, 1.54) is 6.92 Å². The van der Waals surface area contributed by atoms with Crippen LogP contribution in [0.15, 0.2) is 24.3 Å². The number of hydrogen-bond donors (Lipinski definition) is 2. The molecule has 2 rings (SSSR count). The van der Waals surface area contributed by atoms with Crippen molar-refractivity contribution in [2.45, 2.75) is 45.7 Å². The summed E-state index contributed by atoms with van der Waals surface area (Å²) in [6.07, 6.45) is 0.503. The molecule has 1 aliphatic heterocycles. The lowest BCUT2D eigenvalue weighted by Crippen LogP contribution is -2.40. The van der Waals surface area contributed by atoms with Crippen LogP contribution in [-0.4, -0.2) is 47.0 Å². The minimum Gasteiger partial charge on any atom is -0.494 e. The van der Waals surface area contributed by atoms with Gasteiger partial charge in [0.15, 0.2) is 0 Å². The first kappa shape index (κ1) is 19.8. The maximum atomic E-state index is 12.8. The summed E-state index contributed by atoms with van der Waals surface area (Å²) in [6.45, 7) is 5.91. The van der Waals surface area contributed by atoms with Crippen LogP contribution in [-0.2, 0) is 14.4 Å². The number of carboxylic acids is 1. The summed E-state index contributed by atoms with van der Waals surface area (Å²) in [4.78, 5) is 37.3. The van der Waals surface area contributed by atoms with Crippen molar-refractivity contribution in [2.24, 2.45) is 5.92 Å². The van der Waals surface area contributed by atoms with Gasteiger partial charge in [-0.05, 0) is 26.3 Å². The topological polar surface area (TPSA) is 95.9 Å². The zero-order valence-electron chi connectivity index (χ0n) is 15.4. The minimum atomic E-state index is -0.882. The number of aliphatic carboxylic acids is 1. The van der Waals surface area contributed by atoms with Gasteiger partial charge >= 0.3 is 5.97 Å². The van der Waals surface area contributed by atoms with Crippen molar-refractivity contribution >= 4 is 17.8 Å². The maximum absolute atomic E-state index is 12.8. The van der Waals surface area contributed by atoms with Crippen LogP contribution in [0.2, 0.25) is 0 Å². The van der Waals surface area contributed by atoms with E-state index in [9.17, 15) is 19.5 Å². The molecule has 3 atom stereocenters. The molecule has 26 heavy (non-hydrogen) atoms. The summed E-state index contributed by atoms with van der Waals surface area (Å²) >= 11 is 0. The standard InChI is InChI=1S/C19H26N2O5/c1-4-26-17-8-6-5-7-15(17)16(20-13(3)22)11-18(23)21-10-9-14(12(21)2)19(24)25/h5-8,12,14,16H,4,9-11H2,1-3H3,(H,20,22)(H,24,25). The third-order valence-electron chi connectivity index (χ3n) is 4.74. The van der Waals surface area contributed by atoms with E-state index in [-0.39, 0.29) is 24.3 Å². The molecule has 0 spiro atoms. The Kier molecular flexibility index (Phi) is 6.60. The van der Waals surface area contributed by atoms with E-state index in [1.807, 2.05) is 25.1 Å². The van der Waals surface area contributed by atoms with E-state index in [1.54, 1.807) is 17.9 Å². The fourth-order valence-corrected chi connectivity index (χ4v) is 3.45. The smallest absolute Gasteiger partial charge is 0.308 e. The van der Waals surface area contributed by atoms with Gasteiger partial charge in [0, 0.05) is 25.1 Å². The van der Waals surface area contributed by atoms with Crippen molar-refractivity contribution in [1.82, 2.24) is 10.2 Å². The molecule has 0 saturated carbocycles. The van der Waals surface area contributed by atoms with Crippen LogP contribution in [0.5, 0.6) is 5.75 Å². The Morgan fingerprint density at radius 1 is 1.35 bits per heavy atom. The number of carboxylic acid groups (broad SMARTS) is 1. The van der Waals surface area contributed by atoms with E-state index in [4.69, 9.17) is 4.74 Å². The van der Waals surface area contributed by atoms with Gasteiger partial charge in [-0.3, -0.25) is 14.4 Å². The number of para-hydroxylation sites is 1. The molecule has 0 aliphatic carbocycles. The molecule has 3 unspecified atom stereocenters. The highest BCUT2D eigenvalue weighted by Crippen LogP contribution is 2.30. The molecule has 1 heterocycles. The van der Waals surface area contributed by atoms with Crippen LogP contribution in [0.1, 0.15) is 45.2 Å². The molecule has 0 radical (unpaired) electrons. The highest BCUT2D eigenvalue weighted by Gasteiger charge is 2.38. The van der Waals surface area contributed by atoms with Crippen molar-refractivity contribution in [3.05, 3.63) is 29.8 Å². The van der Waals surface area contributed by atoms with Crippen molar-refractivity contribution in [3.63, 3.8) is 0 Å². The van der Waals surface area contributed by atoms with Crippen molar-refractivity contribution < 1.29 is 24.2 Å². The van der Waals surface area contributed by atoms with Crippen LogP contribution < -0.4 is 10.1 Å². The Morgan fingerprint density at radius 2 is 2.04 bits per heavy atom. The van der Waals surface area contributed by atoms with Crippen molar-refractivity contribution in [3.8, 4) is 5.75 Å². The zero-order valence-corrected chi connectivity index (χ0v) is 15.4. The lowest BCUT2D eigenvalue weighted by Gasteiger charge is -2.27. The fraction of sp³-hybridized carbons (Fsp3) is 0.526. The van der Waals surface area contributed by atoms with Gasteiger partial charge in [-0.1, -0.05) is 18.2 Å². The number of likely N-dealkylation sites (tertiary alicyclic amines) is 1. The summed E-state index contributed by atoms with van der Waals surface area (Å²) < 4.78 is 5.62. The second-order valence-corrected chi connectivity index (χ2v) is 6.49. The first-order chi connectivity index (χ1) is 12.3. The summed E-state index contributed by atoms with van der Waals surface area (Å²) in [5, 5.41) is 12.1. The first-order valence-electron chi connectivity index (χ1n) is 8.86. The average molecular weight is 362 g/mol. The molecular weight excluding hydrogens is 336 g/mol. The molecule has 1 fully saturated rings. The number of carbonyl (C=O) groups excluding carboxylic acids is 2. The molecule has 1 aliphatic rings. The lowest BCUT2D eigenvalue weighted by atomic mass is 10.00. The fourth-order valence-electron chi connectivity index (χ4n) is 3.45. The van der Waals surface area contributed by atoms with Crippen LogP contribution in [0.25, 0.3) is 0 Å². The predicted octanol–water partition coefficient (Wildman–Crippen LogP) is 1.97. The molecule has 7 heteroatoms. The highest BCUT2D eigenvalue weighted by atomic mass is 16.5. The Morgan fingerprint density at radius 3 is 2.62 bits per heavy atom. The van der Waals surface area contributed by atoms with Crippen LogP contribution >= 0.6 is 0 Å². The molecule has 0 bridgehead atoms. The van der Waals surface area contributed by atoms with Crippen molar-refractivity contribution in [1.29, 1.82) is 0 Å². The number of carbonyl (C=O) groups is 3. The number of amides is 2. The summed E-state index contributed by atoms with van der Waals surface area (Å²) in [7, 11) is 0. The number of benzene rings is 1. The Balaban J connectivity index is 2.20. The molecule has 1 saturated heterocycles. The quantitative estimate of drug-likeness (QED) is 0.773. The van der Waals surface area contributed by atoms with Crippen LogP contribution in [0, 0.1) is 5.92 Å². The average Bonchev–Trinajstić information content (AvgIpc) is 2.96. The SMILES string of the molecule is CCOc1ccccc1C(CC(=O)N1CCC(C(=O)O)C1C)NC(C)=O. The largest absolute Gasteiger partial charge is 0.494 e. The number of ether oxygens (including phenoxy) is 1. The Hall–Kier alpha value is -2.57. The number of nitrogens with one attached hydrogen (secondary N) is 1. The van der Waals surface area contributed by atoms with Gasteiger partial charge in [0.2, 0.25) is 11.8 Å². The lowest BCUT2D eigenvalue weighted by molar-refractivity contribution is -0.143. The van der Waals surface area contributed by atoms with Gasteiger partial charge in [-0.25, -0.2) is 0 Å². The molecule has 2 N–H and O–H groups in total. The van der Waals surface area contributed by atoms with Gasteiger partial charge in [-0.2, -0.15) is 0 Å². The van der Waals surface area contributed by atoms with Gasteiger partial charge in [-0.15, -0.1) is 0 Å². The van der Waals surface area contributed by atoms with Gasteiger partial charge in [0.05, 0.1) is 25.0 Å². The van der Waals surface area contributed by atoms with Crippen LogP contribution in [0.3, 0.4) is 0 Å².